The maximum atomic E-state index is 3.94. The average molecular weight is 140 g/mol. The van der Waals surface area contributed by atoms with Gasteiger partial charge in [-0.15, -0.1) is 0 Å². The van der Waals surface area contributed by atoms with E-state index in [1.165, 1.54) is 0 Å². The first-order chi connectivity index (χ1) is 4.91. The Kier molecular flexibility index (Phi) is 7.56. The van der Waals surface area contributed by atoms with E-state index in [-0.39, 0.29) is 0 Å². The maximum absolute atomic E-state index is 3.94. The molecule has 0 spiro atoms. The van der Waals surface area contributed by atoms with Gasteiger partial charge in [0.25, 0.3) is 0 Å². The van der Waals surface area contributed by atoms with Crippen molar-refractivity contribution in [1.29, 1.82) is 0 Å². The van der Waals surface area contributed by atoms with Crippen LogP contribution in [0.15, 0.2) is 17.3 Å². The highest BCUT2D eigenvalue weighted by Crippen LogP contribution is 1.76. The van der Waals surface area contributed by atoms with Gasteiger partial charge in [-0.05, 0) is 12.8 Å². The molecule has 0 rings (SSSR count). The lowest BCUT2D eigenvalue weighted by molar-refractivity contribution is 0.824. The molecule has 0 aliphatic carbocycles. The molecule has 0 saturated heterocycles. The molecule has 58 valence electrons. The van der Waals surface area contributed by atoms with Gasteiger partial charge >= 0.3 is 0 Å². The molecule has 0 fully saturated rings. The summed E-state index contributed by atoms with van der Waals surface area (Å²) in [5.74, 6) is 0. The molecular weight excluding hydrogens is 124 g/mol. The Morgan fingerprint density at radius 3 is 2.60 bits per heavy atom. The van der Waals surface area contributed by atoms with Crippen molar-refractivity contribution in [3.8, 4) is 0 Å². The van der Waals surface area contributed by atoms with Crippen LogP contribution in [-0.2, 0) is 0 Å². The minimum Gasteiger partial charge on any atom is -0.307 e. The zero-order valence-corrected chi connectivity index (χ0v) is 6.80. The van der Waals surface area contributed by atoms with Gasteiger partial charge in [0, 0.05) is 6.21 Å². The van der Waals surface area contributed by atoms with Gasteiger partial charge in [0.1, 0.15) is 0 Å². The van der Waals surface area contributed by atoms with Gasteiger partial charge in [-0.25, -0.2) is 0 Å². The Bertz CT molecular complexity index is 91.8. The predicted octanol–water partition coefficient (Wildman–Crippen LogP) is 1.94. The molecule has 0 atom stereocenters. The summed E-state index contributed by atoms with van der Waals surface area (Å²) in [7, 11) is 0. The van der Waals surface area contributed by atoms with Crippen LogP contribution in [0.3, 0.4) is 0 Å². The zero-order chi connectivity index (χ0) is 7.66. The third-order valence-electron chi connectivity index (χ3n) is 0.977. The molecule has 0 aromatic heterocycles. The molecule has 0 bridgehead atoms. The number of hydrogen-bond donors (Lipinski definition) is 1. The van der Waals surface area contributed by atoms with Crippen molar-refractivity contribution in [2.45, 2.75) is 26.7 Å². The normalized spacial score (nSPS) is 11.4. The Hall–Kier alpha value is -0.790. The second-order valence-electron chi connectivity index (χ2n) is 1.96. The fourth-order valence-electron chi connectivity index (χ4n) is 0.511. The Balaban J connectivity index is 3.04. The summed E-state index contributed by atoms with van der Waals surface area (Å²) in [6, 6.07) is 0. The van der Waals surface area contributed by atoms with Gasteiger partial charge in [-0.3, -0.25) is 0 Å². The highest BCUT2D eigenvalue weighted by molar-refractivity contribution is 5.55. The average Bonchev–Trinajstić information content (AvgIpc) is 1.97. The molecule has 10 heavy (non-hydrogen) atoms. The standard InChI is InChI=1S/C8H16N2/c1-3-5-6-8-10-9-7-4-2/h5-7,10H,3-4,8H2,1-2H3/b6-5-,9-7-. The summed E-state index contributed by atoms with van der Waals surface area (Å²) in [6.45, 7) is 5.02. The predicted molar refractivity (Wildman–Crippen MR) is 46.2 cm³/mol. The van der Waals surface area contributed by atoms with E-state index >= 15 is 0 Å². The first-order valence-corrected chi connectivity index (χ1v) is 3.81. The first-order valence-electron chi connectivity index (χ1n) is 3.81. The smallest absolute Gasteiger partial charge is 0.0510 e. The number of hydrogen-bond acceptors (Lipinski definition) is 2. The molecule has 2 heteroatoms. The molecule has 0 unspecified atom stereocenters. The monoisotopic (exact) mass is 140 g/mol. The van der Waals surface area contributed by atoms with E-state index in [0.717, 1.165) is 19.4 Å². The summed E-state index contributed by atoms with van der Waals surface area (Å²) in [6.07, 6.45) is 8.14. The van der Waals surface area contributed by atoms with Gasteiger partial charge in [0.2, 0.25) is 0 Å². The number of nitrogens with one attached hydrogen (secondary N) is 1. The topological polar surface area (TPSA) is 24.4 Å². The number of rotatable bonds is 5. The van der Waals surface area contributed by atoms with Crippen molar-refractivity contribution in [1.82, 2.24) is 5.43 Å². The van der Waals surface area contributed by atoms with Crippen LogP contribution >= 0.6 is 0 Å². The Morgan fingerprint density at radius 1 is 1.20 bits per heavy atom. The van der Waals surface area contributed by atoms with E-state index in [1.54, 1.807) is 0 Å². The molecule has 0 radical (unpaired) electrons. The molecule has 0 amide bonds. The van der Waals surface area contributed by atoms with Crippen molar-refractivity contribution in [2.75, 3.05) is 6.54 Å². The highest BCUT2D eigenvalue weighted by atomic mass is 15.3. The van der Waals surface area contributed by atoms with Crippen LogP contribution in [0, 0.1) is 0 Å². The zero-order valence-electron chi connectivity index (χ0n) is 6.80. The van der Waals surface area contributed by atoms with E-state index < -0.39 is 0 Å². The van der Waals surface area contributed by atoms with E-state index in [2.05, 4.69) is 36.5 Å². The Morgan fingerprint density at radius 2 is 2.00 bits per heavy atom. The summed E-state index contributed by atoms with van der Waals surface area (Å²) in [5, 5.41) is 3.94. The lowest BCUT2D eigenvalue weighted by Gasteiger charge is -1.90. The van der Waals surface area contributed by atoms with Gasteiger partial charge in [-0.2, -0.15) is 5.10 Å². The van der Waals surface area contributed by atoms with E-state index in [9.17, 15) is 0 Å². The van der Waals surface area contributed by atoms with Crippen LogP contribution in [0.4, 0.5) is 0 Å². The van der Waals surface area contributed by atoms with Crippen molar-refractivity contribution in [3.05, 3.63) is 12.2 Å². The van der Waals surface area contributed by atoms with Crippen LogP contribution in [0.1, 0.15) is 26.7 Å². The lowest BCUT2D eigenvalue weighted by atomic mass is 10.4. The van der Waals surface area contributed by atoms with Gasteiger partial charge < -0.3 is 5.43 Å². The number of nitrogens with zero attached hydrogens (tertiary/aromatic N) is 1. The van der Waals surface area contributed by atoms with E-state index in [0.29, 0.717) is 0 Å². The van der Waals surface area contributed by atoms with E-state index in [4.69, 9.17) is 0 Å². The van der Waals surface area contributed by atoms with E-state index in [1.807, 2.05) is 6.21 Å². The lowest BCUT2D eigenvalue weighted by Crippen LogP contribution is -2.04. The maximum Gasteiger partial charge on any atom is 0.0510 e. The van der Waals surface area contributed by atoms with Crippen LogP contribution in [-0.4, -0.2) is 12.8 Å². The molecule has 0 aliphatic rings. The number of allylic oxidation sites excluding steroid dienone is 1. The van der Waals surface area contributed by atoms with Crippen LogP contribution < -0.4 is 5.43 Å². The first kappa shape index (κ1) is 9.21. The summed E-state index contributed by atoms with van der Waals surface area (Å²) in [4.78, 5) is 0. The third kappa shape index (κ3) is 7.21. The second kappa shape index (κ2) is 8.21. The largest absolute Gasteiger partial charge is 0.307 e. The van der Waals surface area contributed by atoms with Crippen molar-refractivity contribution in [3.63, 3.8) is 0 Å². The van der Waals surface area contributed by atoms with Crippen LogP contribution in [0.2, 0.25) is 0 Å². The molecule has 0 aromatic rings. The van der Waals surface area contributed by atoms with Crippen LogP contribution in [0.5, 0.6) is 0 Å². The van der Waals surface area contributed by atoms with Gasteiger partial charge in [0.05, 0.1) is 6.54 Å². The summed E-state index contributed by atoms with van der Waals surface area (Å²) >= 11 is 0. The number of hydrazone groups is 1. The molecule has 0 heterocycles. The van der Waals surface area contributed by atoms with Crippen molar-refractivity contribution >= 4 is 6.21 Å². The van der Waals surface area contributed by atoms with Gasteiger partial charge in [0.15, 0.2) is 0 Å². The van der Waals surface area contributed by atoms with Gasteiger partial charge in [-0.1, -0.05) is 26.0 Å². The molecule has 2 nitrogen and oxygen atoms in total. The SMILES string of the molecule is CC/C=C\CN/N=C\CC. The molecular formula is C8H16N2. The quantitative estimate of drug-likeness (QED) is 0.268. The molecule has 1 N–H and O–H groups in total. The van der Waals surface area contributed by atoms with Crippen molar-refractivity contribution in [2.24, 2.45) is 5.10 Å². The highest BCUT2D eigenvalue weighted by Gasteiger charge is 1.70. The minimum absolute atomic E-state index is 0.838. The minimum atomic E-state index is 0.838. The second-order valence-corrected chi connectivity index (χ2v) is 1.96. The molecule has 0 aliphatic heterocycles. The fourth-order valence-corrected chi connectivity index (χ4v) is 0.511. The molecule has 0 saturated carbocycles. The van der Waals surface area contributed by atoms with Crippen molar-refractivity contribution < 1.29 is 0 Å². The summed E-state index contributed by atoms with van der Waals surface area (Å²) < 4.78 is 0. The summed E-state index contributed by atoms with van der Waals surface area (Å²) in [5.41, 5.74) is 2.90. The fraction of sp³-hybridized carbons (Fsp3) is 0.625. The third-order valence-corrected chi connectivity index (χ3v) is 0.977. The van der Waals surface area contributed by atoms with Crippen LogP contribution in [0.25, 0.3) is 0 Å². The Labute approximate surface area is 63.0 Å². The molecule has 0 aromatic carbocycles.